The van der Waals surface area contributed by atoms with Crippen molar-refractivity contribution < 1.29 is 9.26 Å². The standard InChI is InChI=1S/C14H19N5O2/c1-18-5-7-19(8-6-18)14-16-13(21-17-14)11-4-3-10(20-2)9-12(11)15/h3-4,9H,5-8,15H2,1-2H3. The molecule has 1 aromatic heterocycles. The fourth-order valence-corrected chi connectivity index (χ4v) is 2.32. The van der Waals surface area contributed by atoms with Gasteiger partial charge in [0.25, 0.3) is 11.8 Å². The molecule has 0 spiro atoms. The number of ether oxygens (including phenoxy) is 1. The van der Waals surface area contributed by atoms with Gasteiger partial charge in [0.15, 0.2) is 0 Å². The number of nitrogens with two attached hydrogens (primary N) is 1. The lowest BCUT2D eigenvalue weighted by atomic mass is 10.1. The molecule has 2 N–H and O–H groups in total. The molecule has 2 heterocycles. The first kappa shape index (κ1) is 13.7. The molecule has 1 fully saturated rings. The molecule has 0 bridgehead atoms. The van der Waals surface area contributed by atoms with Gasteiger partial charge in [0.1, 0.15) is 5.75 Å². The molecule has 0 atom stereocenters. The minimum atomic E-state index is 0.434. The summed E-state index contributed by atoms with van der Waals surface area (Å²) in [5.41, 5.74) is 7.29. The first-order valence-corrected chi connectivity index (χ1v) is 6.88. The zero-order chi connectivity index (χ0) is 14.8. The highest BCUT2D eigenvalue weighted by Crippen LogP contribution is 2.29. The SMILES string of the molecule is COc1ccc(-c2nc(N3CCN(C)CC3)no2)c(N)c1. The van der Waals surface area contributed by atoms with Crippen molar-refractivity contribution in [2.75, 3.05) is 51.0 Å². The minimum Gasteiger partial charge on any atom is -0.497 e. The molecule has 1 saturated heterocycles. The van der Waals surface area contributed by atoms with E-state index < -0.39 is 0 Å². The number of methoxy groups -OCH3 is 1. The van der Waals surface area contributed by atoms with Crippen LogP contribution < -0.4 is 15.4 Å². The van der Waals surface area contributed by atoms with Gasteiger partial charge >= 0.3 is 0 Å². The molecule has 0 saturated carbocycles. The number of aromatic nitrogens is 2. The van der Waals surface area contributed by atoms with Crippen LogP contribution in [0.3, 0.4) is 0 Å². The molecular formula is C14H19N5O2. The summed E-state index contributed by atoms with van der Waals surface area (Å²) >= 11 is 0. The average molecular weight is 289 g/mol. The maximum absolute atomic E-state index is 6.01. The molecular weight excluding hydrogens is 270 g/mol. The number of nitrogens with zero attached hydrogens (tertiary/aromatic N) is 4. The van der Waals surface area contributed by atoms with Gasteiger partial charge in [0.2, 0.25) is 0 Å². The quantitative estimate of drug-likeness (QED) is 0.847. The summed E-state index contributed by atoms with van der Waals surface area (Å²) in [7, 11) is 3.71. The van der Waals surface area contributed by atoms with Crippen LogP contribution in [-0.2, 0) is 0 Å². The van der Waals surface area contributed by atoms with Crippen LogP contribution in [0.4, 0.5) is 11.6 Å². The normalized spacial score (nSPS) is 16.2. The molecule has 0 amide bonds. The Bertz CT molecular complexity index is 620. The number of anilines is 2. The predicted octanol–water partition coefficient (Wildman–Crippen LogP) is 1.08. The van der Waals surface area contributed by atoms with Gasteiger partial charge in [0, 0.05) is 37.9 Å². The summed E-state index contributed by atoms with van der Waals surface area (Å²) in [5, 5.41) is 4.06. The van der Waals surface area contributed by atoms with Crippen molar-refractivity contribution >= 4 is 11.6 Å². The number of nitrogen functional groups attached to an aromatic ring is 1. The van der Waals surface area contributed by atoms with E-state index >= 15 is 0 Å². The van der Waals surface area contributed by atoms with E-state index in [1.807, 2.05) is 12.1 Å². The van der Waals surface area contributed by atoms with Crippen molar-refractivity contribution in [1.29, 1.82) is 0 Å². The summed E-state index contributed by atoms with van der Waals surface area (Å²) in [5.74, 6) is 1.76. The summed E-state index contributed by atoms with van der Waals surface area (Å²) in [6, 6.07) is 5.40. The van der Waals surface area contributed by atoms with Crippen LogP contribution >= 0.6 is 0 Å². The van der Waals surface area contributed by atoms with E-state index in [-0.39, 0.29) is 0 Å². The molecule has 7 heteroatoms. The maximum atomic E-state index is 6.01. The number of benzene rings is 1. The lowest BCUT2D eigenvalue weighted by Gasteiger charge is -2.31. The number of hydrogen-bond acceptors (Lipinski definition) is 7. The van der Waals surface area contributed by atoms with Crippen LogP contribution in [0.25, 0.3) is 11.5 Å². The number of rotatable bonds is 3. The molecule has 0 unspecified atom stereocenters. The van der Waals surface area contributed by atoms with Gasteiger partial charge < -0.3 is 24.8 Å². The lowest BCUT2D eigenvalue weighted by molar-refractivity contribution is 0.309. The molecule has 3 rings (SSSR count). The van der Waals surface area contributed by atoms with Crippen molar-refractivity contribution in [3.63, 3.8) is 0 Å². The first-order chi connectivity index (χ1) is 10.2. The highest BCUT2D eigenvalue weighted by Gasteiger charge is 2.20. The first-order valence-electron chi connectivity index (χ1n) is 6.88. The molecule has 112 valence electrons. The third-order valence-electron chi connectivity index (χ3n) is 3.69. The van der Waals surface area contributed by atoms with E-state index in [0.717, 1.165) is 31.7 Å². The zero-order valence-corrected chi connectivity index (χ0v) is 12.2. The second-order valence-corrected chi connectivity index (χ2v) is 5.14. The van der Waals surface area contributed by atoms with E-state index in [1.54, 1.807) is 13.2 Å². The molecule has 0 aliphatic carbocycles. The molecule has 1 aliphatic rings. The van der Waals surface area contributed by atoms with Gasteiger partial charge in [-0.3, -0.25) is 0 Å². The van der Waals surface area contributed by atoms with Crippen LogP contribution in [0.15, 0.2) is 22.7 Å². The van der Waals surface area contributed by atoms with E-state index in [9.17, 15) is 0 Å². The van der Waals surface area contributed by atoms with Gasteiger partial charge in [-0.15, -0.1) is 0 Å². The molecule has 2 aromatic rings. The monoisotopic (exact) mass is 289 g/mol. The van der Waals surface area contributed by atoms with Gasteiger partial charge in [-0.2, -0.15) is 4.98 Å². The second kappa shape index (κ2) is 5.61. The fourth-order valence-electron chi connectivity index (χ4n) is 2.32. The van der Waals surface area contributed by atoms with Gasteiger partial charge in [-0.25, -0.2) is 0 Å². The smallest absolute Gasteiger partial charge is 0.266 e. The topological polar surface area (TPSA) is 80.7 Å². The molecule has 0 radical (unpaired) electrons. The van der Waals surface area contributed by atoms with E-state index in [0.29, 0.717) is 23.3 Å². The molecule has 21 heavy (non-hydrogen) atoms. The van der Waals surface area contributed by atoms with Crippen molar-refractivity contribution in [2.45, 2.75) is 0 Å². The third kappa shape index (κ3) is 2.78. The molecule has 1 aromatic carbocycles. The molecule has 7 nitrogen and oxygen atoms in total. The predicted molar refractivity (Wildman–Crippen MR) is 80.4 cm³/mol. The second-order valence-electron chi connectivity index (χ2n) is 5.14. The van der Waals surface area contributed by atoms with E-state index in [2.05, 4.69) is 27.0 Å². The minimum absolute atomic E-state index is 0.434. The van der Waals surface area contributed by atoms with Gasteiger partial charge in [0.05, 0.1) is 12.7 Å². The maximum Gasteiger partial charge on any atom is 0.266 e. The highest BCUT2D eigenvalue weighted by molar-refractivity contribution is 5.72. The average Bonchev–Trinajstić information content (AvgIpc) is 2.97. The Kier molecular flexibility index (Phi) is 3.66. The van der Waals surface area contributed by atoms with Crippen molar-refractivity contribution in [1.82, 2.24) is 15.0 Å². The Morgan fingerprint density at radius 1 is 1.24 bits per heavy atom. The van der Waals surface area contributed by atoms with Crippen LogP contribution in [0.1, 0.15) is 0 Å². The van der Waals surface area contributed by atoms with Gasteiger partial charge in [-0.1, -0.05) is 0 Å². The summed E-state index contributed by atoms with van der Waals surface area (Å²) < 4.78 is 10.5. The number of piperazine rings is 1. The molecule has 1 aliphatic heterocycles. The Labute approximate surface area is 123 Å². The largest absolute Gasteiger partial charge is 0.497 e. The Morgan fingerprint density at radius 2 is 2.00 bits per heavy atom. The van der Waals surface area contributed by atoms with Crippen LogP contribution in [0, 0.1) is 0 Å². The Balaban J connectivity index is 1.81. The fraction of sp³-hybridized carbons (Fsp3) is 0.429. The summed E-state index contributed by atoms with van der Waals surface area (Å²) in [4.78, 5) is 8.85. The van der Waals surface area contributed by atoms with Crippen LogP contribution in [-0.4, -0.2) is 55.4 Å². The zero-order valence-electron chi connectivity index (χ0n) is 12.2. The summed E-state index contributed by atoms with van der Waals surface area (Å²) in [6.45, 7) is 3.78. The Morgan fingerprint density at radius 3 is 2.67 bits per heavy atom. The number of hydrogen-bond donors (Lipinski definition) is 1. The summed E-state index contributed by atoms with van der Waals surface area (Å²) in [6.07, 6.45) is 0. The van der Waals surface area contributed by atoms with E-state index in [1.165, 1.54) is 0 Å². The van der Waals surface area contributed by atoms with Crippen LogP contribution in [0.5, 0.6) is 5.75 Å². The lowest BCUT2D eigenvalue weighted by Crippen LogP contribution is -2.44. The van der Waals surface area contributed by atoms with Crippen LogP contribution in [0.2, 0.25) is 0 Å². The van der Waals surface area contributed by atoms with Crippen molar-refractivity contribution in [3.05, 3.63) is 18.2 Å². The van der Waals surface area contributed by atoms with E-state index in [4.69, 9.17) is 15.0 Å². The van der Waals surface area contributed by atoms with Crippen molar-refractivity contribution in [3.8, 4) is 17.2 Å². The third-order valence-corrected chi connectivity index (χ3v) is 3.69. The number of likely N-dealkylation sites (N-methyl/N-ethyl adjacent to an activating group) is 1. The van der Waals surface area contributed by atoms with Crippen molar-refractivity contribution in [2.24, 2.45) is 0 Å². The highest BCUT2D eigenvalue weighted by atomic mass is 16.5. The Hall–Kier alpha value is -2.28. The van der Waals surface area contributed by atoms with Gasteiger partial charge in [-0.05, 0) is 24.3 Å².